The third kappa shape index (κ3) is 4.40. The van der Waals surface area contributed by atoms with Crippen LogP contribution in [0.25, 0.3) is 5.82 Å². The van der Waals surface area contributed by atoms with E-state index >= 15 is 0 Å². The number of hydrogen-bond donors (Lipinski definition) is 1. The highest BCUT2D eigenvalue weighted by atomic mass is 16.5. The molecule has 1 fully saturated rings. The van der Waals surface area contributed by atoms with E-state index in [1.54, 1.807) is 24.4 Å². The van der Waals surface area contributed by atoms with Crippen molar-refractivity contribution in [2.75, 3.05) is 18.5 Å². The van der Waals surface area contributed by atoms with Crippen LogP contribution in [0.15, 0.2) is 79.1 Å². The molecule has 8 nitrogen and oxygen atoms in total. The number of nitrogens with one attached hydrogen (secondary N) is 1. The summed E-state index contributed by atoms with van der Waals surface area (Å²) in [5, 5.41) is 11.4. The van der Waals surface area contributed by atoms with Crippen LogP contribution < -0.4 is 10.1 Å². The molecule has 1 N–H and O–H groups in total. The molecule has 0 unspecified atom stereocenters. The molecule has 0 radical (unpaired) electrons. The number of carbonyl (C=O) groups is 1. The van der Waals surface area contributed by atoms with Crippen LogP contribution >= 0.6 is 0 Å². The lowest BCUT2D eigenvalue weighted by Gasteiger charge is -2.36. The molecular weight excluding hydrogens is 430 g/mol. The highest BCUT2D eigenvalue weighted by Gasteiger charge is 2.41. The number of aryl methyl sites for hydroxylation is 1. The minimum atomic E-state index is -0.598. The summed E-state index contributed by atoms with van der Waals surface area (Å²) >= 11 is 0. The maximum atomic E-state index is 13.4. The minimum Gasteiger partial charge on any atom is -0.438 e. The van der Waals surface area contributed by atoms with Crippen molar-refractivity contribution in [2.45, 2.75) is 25.2 Å². The maximum Gasteiger partial charge on any atom is 0.238 e. The van der Waals surface area contributed by atoms with Crippen LogP contribution in [0.4, 0.5) is 5.69 Å². The zero-order valence-electron chi connectivity index (χ0n) is 18.8. The highest BCUT2D eigenvalue weighted by molar-refractivity contribution is 5.99. The first-order valence-electron chi connectivity index (χ1n) is 11.2. The van der Waals surface area contributed by atoms with Crippen molar-refractivity contribution in [3.63, 3.8) is 0 Å². The van der Waals surface area contributed by atoms with Gasteiger partial charge in [0.2, 0.25) is 11.8 Å². The smallest absolute Gasteiger partial charge is 0.238 e. The molecule has 172 valence electrons. The predicted octanol–water partition coefficient (Wildman–Crippen LogP) is 4.45. The van der Waals surface area contributed by atoms with Crippen molar-refractivity contribution in [1.82, 2.24) is 19.7 Å². The predicted molar refractivity (Wildman–Crippen MR) is 127 cm³/mol. The summed E-state index contributed by atoms with van der Waals surface area (Å²) in [6.45, 7) is 3.03. The van der Waals surface area contributed by atoms with E-state index in [0.29, 0.717) is 49.2 Å². The molecule has 34 heavy (non-hydrogen) atoms. The van der Waals surface area contributed by atoms with Gasteiger partial charge in [-0.05, 0) is 55.7 Å². The second-order valence-electron chi connectivity index (χ2n) is 8.22. The minimum absolute atomic E-state index is 0.0214. The lowest BCUT2D eigenvalue weighted by Crippen LogP contribution is -2.44. The van der Waals surface area contributed by atoms with Gasteiger partial charge in [-0.3, -0.25) is 9.36 Å². The van der Waals surface area contributed by atoms with Gasteiger partial charge in [-0.2, -0.15) is 0 Å². The first-order chi connectivity index (χ1) is 16.6. The fourth-order valence-electron chi connectivity index (χ4n) is 4.22. The lowest BCUT2D eigenvalue weighted by atomic mass is 9.73. The van der Waals surface area contributed by atoms with Crippen LogP contribution in [-0.4, -0.2) is 38.9 Å². The van der Waals surface area contributed by atoms with Gasteiger partial charge in [0.25, 0.3) is 0 Å². The number of hydrogen-bond acceptors (Lipinski definition) is 6. The van der Waals surface area contributed by atoms with Crippen LogP contribution in [0.2, 0.25) is 0 Å². The number of rotatable bonds is 6. The van der Waals surface area contributed by atoms with E-state index in [1.807, 2.05) is 66.2 Å². The summed E-state index contributed by atoms with van der Waals surface area (Å²) in [5.74, 6) is 2.45. The van der Waals surface area contributed by atoms with Crippen LogP contribution in [0.1, 0.15) is 24.2 Å². The van der Waals surface area contributed by atoms with E-state index in [0.717, 1.165) is 11.4 Å². The Labute approximate surface area is 197 Å². The number of benzene rings is 2. The van der Waals surface area contributed by atoms with Crippen LogP contribution in [0.5, 0.6) is 11.6 Å². The van der Waals surface area contributed by atoms with Crippen molar-refractivity contribution < 1.29 is 14.3 Å². The molecule has 2 aromatic carbocycles. The third-order valence-corrected chi connectivity index (χ3v) is 6.14. The number of aromatic nitrogens is 4. The summed E-state index contributed by atoms with van der Waals surface area (Å²) in [5.41, 5.74) is 1.12. The molecule has 0 saturated carbocycles. The van der Waals surface area contributed by atoms with E-state index in [-0.39, 0.29) is 5.91 Å². The van der Waals surface area contributed by atoms with Crippen LogP contribution in [-0.2, 0) is 14.9 Å². The lowest BCUT2D eigenvalue weighted by molar-refractivity contribution is -0.125. The molecule has 1 aliphatic heterocycles. The number of anilines is 1. The molecule has 2 aromatic heterocycles. The molecule has 0 spiro atoms. The second kappa shape index (κ2) is 9.44. The van der Waals surface area contributed by atoms with Crippen molar-refractivity contribution in [1.29, 1.82) is 0 Å². The molecule has 3 heterocycles. The van der Waals surface area contributed by atoms with E-state index in [1.165, 1.54) is 0 Å². The number of imidazole rings is 1. The molecule has 5 rings (SSSR count). The Balaban J connectivity index is 1.27. The van der Waals surface area contributed by atoms with Gasteiger partial charge in [-0.1, -0.05) is 30.3 Å². The molecule has 8 heteroatoms. The maximum absolute atomic E-state index is 13.4. The van der Waals surface area contributed by atoms with Gasteiger partial charge in [0.15, 0.2) is 5.82 Å². The van der Waals surface area contributed by atoms with E-state index in [9.17, 15) is 4.79 Å². The summed E-state index contributed by atoms with van der Waals surface area (Å²) in [4.78, 5) is 17.6. The normalized spacial score (nSPS) is 15.0. The Kier molecular flexibility index (Phi) is 6.05. The van der Waals surface area contributed by atoms with Gasteiger partial charge in [0.05, 0.1) is 5.41 Å². The van der Waals surface area contributed by atoms with E-state index < -0.39 is 5.41 Å². The largest absolute Gasteiger partial charge is 0.438 e. The number of carbonyl (C=O) groups excluding carboxylic acids is 1. The fraction of sp³-hybridized carbons (Fsp3) is 0.231. The zero-order valence-corrected chi connectivity index (χ0v) is 18.8. The third-order valence-electron chi connectivity index (χ3n) is 6.14. The number of ether oxygens (including phenoxy) is 2. The molecule has 0 bridgehead atoms. The summed E-state index contributed by atoms with van der Waals surface area (Å²) in [7, 11) is 0. The van der Waals surface area contributed by atoms with Crippen LogP contribution in [0, 0.1) is 6.92 Å². The van der Waals surface area contributed by atoms with Crippen molar-refractivity contribution >= 4 is 11.6 Å². The average molecular weight is 456 g/mol. The standard InChI is InChI=1S/C26H25N5O3/c1-19-27-15-16-31(19)23-11-12-24(30-29-23)34-22-9-7-21(8-10-22)28-25(32)26(13-17-33-18-14-26)20-5-3-2-4-6-20/h2-12,15-16H,13-14,17-18H2,1H3,(H,28,32). The van der Waals surface area contributed by atoms with Gasteiger partial charge in [-0.25, -0.2) is 4.98 Å². The highest BCUT2D eigenvalue weighted by Crippen LogP contribution is 2.36. The van der Waals surface area contributed by atoms with Gasteiger partial charge >= 0.3 is 0 Å². The van der Waals surface area contributed by atoms with E-state index in [2.05, 4.69) is 20.5 Å². The molecule has 0 aliphatic carbocycles. The Morgan fingerprint density at radius 2 is 1.76 bits per heavy atom. The molecular formula is C26H25N5O3. The molecule has 1 saturated heterocycles. The van der Waals surface area contributed by atoms with Crippen molar-refractivity contribution in [3.8, 4) is 17.4 Å². The van der Waals surface area contributed by atoms with Crippen molar-refractivity contribution in [2.24, 2.45) is 0 Å². The quantitative estimate of drug-likeness (QED) is 0.462. The summed E-state index contributed by atoms with van der Waals surface area (Å²) in [6.07, 6.45) is 4.84. The Bertz CT molecular complexity index is 1250. The zero-order chi connectivity index (χ0) is 23.4. The Morgan fingerprint density at radius 1 is 1.00 bits per heavy atom. The number of nitrogens with zero attached hydrogens (tertiary/aromatic N) is 4. The summed E-state index contributed by atoms with van der Waals surface area (Å²) in [6, 6.07) is 20.7. The first kappa shape index (κ1) is 21.8. The topological polar surface area (TPSA) is 91.2 Å². The fourth-order valence-corrected chi connectivity index (χ4v) is 4.22. The first-order valence-corrected chi connectivity index (χ1v) is 11.2. The molecule has 4 aromatic rings. The average Bonchev–Trinajstić information content (AvgIpc) is 3.32. The van der Waals surface area contributed by atoms with E-state index in [4.69, 9.17) is 9.47 Å². The van der Waals surface area contributed by atoms with Crippen LogP contribution in [0.3, 0.4) is 0 Å². The van der Waals surface area contributed by atoms with Gasteiger partial charge in [0.1, 0.15) is 11.6 Å². The monoisotopic (exact) mass is 455 g/mol. The molecule has 0 atom stereocenters. The van der Waals surface area contributed by atoms with Gasteiger partial charge in [-0.15, -0.1) is 10.2 Å². The van der Waals surface area contributed by atoms with Gasteiger partial charge in [0, 0.05) is 37.4 Å². The number of amides is 1. The molecule has 1 amide bonds. The Morgan fingerprint density at radius 3 is 2.41 bits per heavy atom. The SMILES string of the molecule is Cc1nccn1-c1ccc(Oc2ccc(NC(=O)C3(c4ccccc4)CCOCC3)cc2)nn1. The second-order valence-corrected chi connectivity index (χ2v) is 8.22. The Hall–Kier alpha value is -4.04. The molecule has 1 aliphatic rings. The van der Waals surface area contributed by atoms with Gasteiger partial charge < -0.3 is 14.8 Å². The summed E-state index contributed by atoms with van der Waals surface area (Å²) < 4.78 is 13.2. The van der Waals surface area contributed by atoms with Crippen molar-refractivity contribution in [3.05, 3.63) is 90.5 Å².